The van der Waals surface area contributed by atoms with Gasteiger partial charge in [0.1, 0.15) is 11.8 Å². The van der Waals surface area contributed by atoms with E-state index in [0.29, 0.717) is 11.0 Å². The minimum absolute atomic E-state index is 0.0476. The van der Waals surface area contributed by atoms with Gasteiger partial charge in [-0.25, -0.2) is 9.18 Å². The predicted molar refractivity (Wildman–Crippen MR) is 59.7 cm³/mol. The zero-order chi connectivity index (χ0) is 11.6. The number of alkyl halides is 1. The van der Waals surface area contributed by atoms with E-state index in [-0.39, 0.29) is 6.54 Å². The third-order valence-corrected chi connectivity index (χ3v) is 2.66. The Kier molecular flexibility index (Phi) is 3.76. The van der Waals surface area contributed by atoms with Crippen LogP contribution in [0.1, 0.15) is 20.8 Å². The fourth-order valence-corrected chi connectivity index (χ4v) is 1.45. The highest BCUT2D eigenvalue weighted by atomic mass is 79.9. The second-order valence-corrected chi connectivity index (χ2v) is 5.36. The van der Waals surface area contributed by atoms with Gasteiger partial charge in [0.15, 0.2) is 0 Å². The lowest BCUT2D eigenvalue weighted by molar-refractivity contribution is 0.0230. The largest absolute Gasteiger partial charge is 0.444 e. The molecule has 86 valence electrons. The number of ether oxygens (including phenoxy) is 1. The predicted octanol–water partition coefficient (Wildman–Crippen LogP) is 2.85. The van der Waals surface area contributed by atoms with Gasteiger partial charge in [0.25, 0.3) is 0 Å². The quantitative estimate of drug-likeness (QED) is 0.683. The Labute approximate surface area is 97.4 Å². The number of amides is 1. The molecule has 5 heteroatoms. The van der Waals surface area contributed by atoms with Crippen LogP contribution in [0, 0.1) is 0 Å². The third kappa shape index (κ3) is 3.81. The van der Waals surface area contributed by atoms with Crippen molar-refractivity contribution >= 4 is 22.0 Å². The molecular formula is C10H15BrFNO2. The first-order chi connectivity index (χ1) is 6.79. The summed E-state index contributed by atoms with van der Waals surface area (Å²) in [5.74, 6) is 0. The van der Waals surface area contributed by atoms with Gasteiger partial charge in [-0.1, -0.05) is 22.0 Å². The van der Waals surface area contributed by atoms with Crippen molar-refractivity contribution < 1.29 is 13.9 Å². The fourth-order valence-electron chi connectivity index (χ4n) is 1.16. The van der Waals surface area contributed by atoms with Crippen LogP contribution in [0.25, 0.3) is 0 Å². The Bertz CT molecular complexity index is 286. The van der Waals surface area contributed by atoms with Gasteiger partial charge in [0, 0.05) is 11.0 Å². The van der Waals surface area contributed by atoms with E-state index in [4.69, 9.17) is 4.74 Å². The maximum atomic E-state index is 13.3. The number of nitrogens with zero attached hydrogens (tertiary/aromatic N) is 1. The second-order valence-electron chi connectivity index (χ2n) is 4.44. The van der Waals surface area contributed by atoms with Crippen LogP contribution in [0.5, 0.6) is 0 Å². The molecule has 0 radical (unpaired) electrons. The molecule has 0 saturated heterocycles. The Morgan fingerprint density at radius 1 is 1.67 bits per heavy atom. The average molecular weight is 280 g/mol. The van der Waals surface area contributed by atoms with Gasteiger partial charge >= 0.3 is 6.09 Å². The standard InChI is InChI=1S/C10H15BrFNO2/c1-10(2,3)15-9(14)13-5-4-7(11)8(12)6-13/h4,8H,5-6H2,1-3H3. The van der Waals surface area contributed by atoms with Crippen molar-refractivity contribution in [2.45, 2.75) is 32.5 Å². The normalized spacial score (nSPS) is 22.3. The molecule has 15 heavy (non-hydrogen) atoms. The van der Waals surface area contributed by atoms with Gasteiger partial charge in [0.05, 0.1) is 6.54 Å². The molecule has 0 saturated carbocycles. The highest BCUT2D eigenvalue weighted by molar-refractivity contribution is 9.11. The topological polar surface area (TPSA) is 29.5 Å². The number of halogens is 2. The molecular weight excluding hydrogens is 265 g/mol. The van der Waals surface area contributed by atoms with Crippen molar-refractivity contribution in [1.82, 2.24) is 4.90 Å². The van der Waals surface area contributed by atoms with Crippen LogP contribution >= 0.6 is 15.9 Å². The van der Waals surface area contributed by atoms with Crippen LogP contribution in [-0.2, 0) is 4.74 Å². The summed E-state index contributed by atoms with van der Waals surface area (Å²) in [6.45, 7) is 5.79. The first-order valence-electron chi connectivity index (χ1n) is 4.77. The lowest BCUT2D eigenvalue weighted by Gasteiger charge is -2.30. The molecule has 0 bridgehead atoms. The Morgan fingerprint density at radius 3 is 2.73 bits per heavy atom. The van der Waals surface area contributed by atoms with Crippen molar-refractivity contribution in [1.29, 1.82) is 0 Å². The summed E-state index contributed by atoms with van der Waals surface area (Å²) in [5.41, 5.74) is -0.540. The Morgan fingerprint density at radius 2 is 2.27 bits per heavy atom. The Hall–Kier alpha value is -0.580. The maximum absolute atomic E-state index is 13.3. The van der Waals surface area contributed by atoms with Crippen LogP contribution in [0.2, 0.25) is 0 Å². The first-order valence-corrected chi connectivity index (χ1v) is 5.56. The van der Waals surface area contributed by atoms with E-state index in [1.165, 1.54) is 4.90 Å². The molecule has 1 aliphatic rings. The molecule has 1 amide bonds. The molecule has 1 heterocycles. The van der Waals surface area contributed by atoms with Crippen molar-refractivity contribution in [3.63, 3.8) is 0 Å². The molecule has 0 aromatic heterocycles. The molecule has 1 aliphatic heterocycles. The number of carbonyl (C=O) groups excluding carboxylic acids is 1. The zero-order valence-corrected chi connectivity index (χ0v) is 10.7. The smallest absolute Gasteiger partial charge is 0.410 e. The number of hydrogen-bond acceptors (Lipinski definition) is 2. The van der Waals surface area contributed by atoms with Gasteiger partial charge in [-0.05, 0) is 20.8 Å². The second kappa shape index (κ2) is 4.51. The van der Waals surface area contributed by atoms with Crippen molar-refractivity contribution in [3.05, 3.63) is 10.6 Å². The SMILES string of the molecule is CC(C)(C)OC(=O)N1CC=C(Br)C(F)C1. The first kappa shape index (κ1) is 12.5. The summed E-state index contributed by atoms with van der Waals surface area (Å²) >= 11 is 3.10. The van der Waals surface area contributed by atoms with E-state index in [1.54, 1.807) is 26.8 Å². The molecule has 0 spiro atoms. The summed E-state index contributed by atoms with van der Waals surface area (Å²) in [4.78, 5) is 12.9. The van der Waals surface area contributed by atoms with Crippen LogP contribution in [-0.4, -0.2) is 35.9 Å². The number of carbonyl (C=O) groups is 1. The molecule has 0 aromatic rings. The summed E-state index contributed by atoms with van der Waals surface area (Å²) in [6.07, 6.45) is 0.0191. The molecule has 1 rings (SSSR count). The monoisotopic (exact) mass is 279 g/mol. The molecule has 0 N–H and O–H groups in total. The minimum atomic E-state index is -1.15. The molecule has 0 fully saturated rings. The number of rotatable bonds is 0. The molecule has 1 unspecified atom stereocenters. The van der Waals surface area contributed by atoms with Crippen LogP contribution < -0.4 is 0 Å². The van der Waals surface area contributed by atoms with Crippen LogP contribution in [0.15, 0.2) is 10.6 Å². The van der Waals surface area contributed by atoms with E-state index in [0.717, 1.165) is 0 Å². The maximum Gasteiger partial charge on any atom is 0.410 e. The molecule has 0 aliphatic carbocycles. The molecule has 0 aromatic carbocycles. The van der Waals surface area contributed by atoms with E-state index in [2.05, 4.69) is 15.9 Å². The van der Waals surface area contributed by atoms with Gasteiger partial charge < -0.3 is 9.64 Å². The van der Waals surface area contributed by atoms with Crippen LogP contribution in [0.4, 0.5) is 9.18 Å². The zero-order valence-electron chi connectivity index (χ0n) is 9.09. The van der Waals surface area contributed by atoms with E-state index in [9.17, 15) is 9.18 Å². The van der Waals surface area contributed by atoms with Crippen molar-refractivity contribution in [3.8, 4) is 0 Å². The van der Waals surface area contributed by atoms with Gasteiger partial charge in [-0.3, -0.25) is 0 Å². The van der Waals surface area contributed by atoms with Crippen molar-refractivity contribution in [2.75, 3.05) is 13.1 Å². The highest BCUT2D eigenvalue weighted by Gasteiger charge is 2.27. The molecule has 1 atom stereocenters. The van der Waals surface area contributed by atoms with E-state index in [1.807, 2.05) is 0 Å². The summed E-state index contributed by atoms with van der Waals surface area (Å²) in [5, 5.41) is 0. The Balaban J connectivity index is 2.57. The average Bonchev–Trinajstić information content (AvgIpc) is 2.06. The van der Waals surface area contributed by atoms with Gasteiger partial charge in [0.2, 0.25) is 0 Å². The summed E-state index contributed by atoms with van der Waals surface area (Å²) in [7, 11) is 0. The van der Waals surface area contributed by atoms with Crippen LogP contribution in [0.3, 0.4) is 0 Å². The third-order valence-electron chi connectivity index (χ3n) is 1.84. The highest BCUT2D eigenvalue weighted by Crippen LogP contribution is 2.21. The van der Waals surface area contributed by atoms with Crippen molar-refractivity contribution in [2.24, 2.45) is 0 Å². The lowest BCUT2D eigenvalue weighted by Crippen LogP contribution is -2.42. The fraction of sp³-hybridized carbons (Fsp3) is 0.700. The van der Waals surface area contributed by atoms with E-state index < -0.39 is 17.9 Å². The van der Waals surface area contributed by atoms with E-state index >= 15 is 0 Å². The number of hydrogen-bond donors (Lipinski definition) is 0. The minimum Gasteiger partial charge on any atom is -0.444 e. The summed E-state index contributed by atoms with van der Waals surface area (Å²) in [6, 6.07) is 0. The van der Waals surface area contributed by atoms with Gasteiger partial charge in [-0.15, -0.1) is 0 Å². The molecule has 3 nitrogen and oxygen atoms in total. The van der Waals surface area contributed by atoms with Gasteiger partial charge in [-0.2, -0.15) is 0 Å². The lowest BCUT2D eigenvalue weighted by atomic mass is 10.2. The summed E-state index contributed by atoms with van der Waals surface area (Å²) < 4.78 is 18.9.